The van der Waals surface area contributed by atoms with E-state index >= 15 is 0 Å². The normalized spacial score (nSPS) is 15.7. The van der Waals surface area contributed by atoms with E-state index < -0.39 is 11.7 Å². The van der Waals surface area contributed by atoms with Crippen molar-refractivity contribution >= 4 is 23.4 Å². The van der Waals surface area contributed by atoms with Crippen molar-refractivity contribution in [2.24, 2.45) is 11.7 Å². The number of benzene rings is 2. The second kappa shape index (κ2) is 10.3. The molecule has 2 aromatic rings. The number of nitrogens with zero attached hydrogens (tertiary/aromatic N) is 1. The van der Waals surface area contributed by atoms with E-state index in [4.69, 9.17) is 20.6 Å². The molecule has 0 aliphatic carbocycles. The monoisotopic (exact) mass is 440 g/mol. The minimum Gasteiger partial charge on any atom is -0.492 e. The number of carbonyl (C=O) groups excluding carboxylic acids is 1. The third kappa shape index (κ3) is 5.45. The predicted octanol–water partition coefficient (Wildman–Crippen LogP) is 3.21. The Kier molecular flexibility index (Phi) is 7.48. The molecule has 1 atom stereocenters. The molecule has 32 heavy (non-hydrogen) atoms. The number of anilines is 1. The lowest BCUT2D eigenvalue weighted by Gasteiger charge is -2.25. The van der Waals surface area contributed by atoms with Gasteiger partial charge < -0.3 is 30.8 Å². The fourth-order valence-corrected chi connectivity index (χ4v) is 3.47. The molecule has 1 amide bonds. The number of ether oxygens (including phenoxy) is 2. The molecule has 170 valence electrons. The van der Waals surface area contributed by atoms with Crippen LogP contribution in [-0.2, 0) is 11.2 Å². The number of fused-ring (bicyclic) bond motifs is 1. The van der Waals surface area contributed by atoms with Crippen LogP contribution in [0.2, 0.25) is 0 Å². The maximum Gasteiger partial charge on any atom is 0.231 e. The smallest absolute Gasteiger partial charge is 0.231 e. The molecule has 4 N–H and O–H groups in total. The maximum absolute atomic E-state index is 14.8. The first-order chi connectivity index (χ1) is 15.3. The molecule has 0 radical (unpaired) electrons. The summed E-state index contributed by atoms with van der Waals surface area (Å²) in [5.41, 5.74) is 8.17. The van der Waals surface area contributed by atoms with Gasteiger partial charge in [0.25, 0.3) is 0 Å². The summed E-state index contributed by atoms with van der Waals surface area (Å²) in [6, 6.07) is 8.55. The number of halogens is 1. The topological polar surface area (TPSA) is 101 Å². The first-order valence-corrected chi connectivity index (χ1v) is 10.4. The van der Waals surface area contributed by atoms with Gasteiger partial charge in [-0.3, -0.25) is 4.79 Å². The summed E-state index contributed by atoms with van der Waals surface area (Å²) < 4.78 is 26.4. The molecule has 0 saturated heterocycles. The van der Waals surface area contributed by atoms with Crippen molar-refractivity contribution in [2.75, 3.05) is 39.2 Å². The molecular weight excluding hydrogens is 411 g/mol. The van der Waals surface area contributed by atoms with Crippen molar-refractivity contribution in [1.29, 1.82) is 5.41 Å². The summed E-state index contributed by atoms with van der Waals surface area (Å²) in [4.78, 5) is 14.9. The zero-order valence-electron chi connectivity index (χ0n) is 18.6. The number of allylic oxidation sites excluding steroid dienone is 1. The highest BCUT2D eigenvalue weighted by molar-refractivity contribution is 6.08. The highest BCUT2D eigenvalue weighted by atomic mass is 19.1. The van der Waals surface area contributed by atoms with E-state index in [1.54, 1.807) is 0 Å². The molecule has 0 fully saturated rings. The largest absolute Gasteiger partial charge is 0.492 e. The molecule has 1 aliphatic rings. The second-order valence-corrected chi connectivity index (χ2v) is 8.06. The Labute approximate surface area is 187 Å². The van der Waals surface area contributed by atoms with Gasteiger partial charge in [-0.1, -0.05) is 17.7 Å². The minimum atomic E-state index is -0.610. The van der Waals surface area contributed by atoms with E-state index in [9.17, 15) is 9.18 Å². The average molecular weight is 441 g/mol. The van der Waals surface area contributed by atoms with Gasteiger partial charge >= 0.3 is 0 Å². The average Bonchev–Trinajstić information content (AvgIpc) is 2.76. The number of hydrogen-bond donors (Lipinski definition) is 3. The van der Waals surface area contributed by atoms with Crippen LogP contribution in [0.3, 0.4) is 0 Å². The lowest BCUT2D eigenvalue weighted by atomic mass is 9.94. The maximum atomic E-state index is 14.8. The minimum absolute atomic E-state index is 0.130. The van der Waals surface area contributed by atoms with Crippen molar-refractivity contribution in [3.63, 3.8) is 0 Å². The van der Waals surface area contributed by atoms with Gasteiger partial charge in [0.1, 0.15) is 30.5 Å². The zero-order chi connectivity index (χ0) is 23.3. The first-order valence-electron chi connectivity index (χ1n) is 10.4. The Morgan fingerprint density at radius 3 is 2.84 bits per heavy atom. The molecular formula is C24H29FN4O3. The number of rotatable bonds is 8. The first kappa shape index (κ1) is 23.3. The molecule has 7 nitrogen and oxygen atoms in total. The third-order valence-electron chi connectivity index (χ3n) is 5.26. The summed E-state index contributed by atoms with van der Waals surface area (Å²) >= 11 is 0. The van der Waals surface area contributed by atoms with Gasteiger partial charge in [-0.05, 0) is 45.1 Å². The van der Waals surface area contributed by atoms with Crippen LogP contribution in [0.25, 0.3) is 5.57 Å². The summed E-state index contributed by atoms with van der Waals surface area (Å²) in [6.45, 7) is 3.21. The molecule has 1 heterocycles. The van der Waals surface area contributed by atoms with E-state index in [0.717, 1.165) is 29.3 Å². The van der Waals surface area contributed by atoms with Gasteiger partial charge in [-0.2, -0.15) is 0 Å². The SMILES string of the molecule is Cc1ccc2c(c1)CC(C(=O)Nc1cc(F)c(/C(C=N)=C/N)cc1OCCN(C)C)CO2. The highest BCUT2D eigenvalue weighted by Gasteiger charge is 2.27. The second-order valence-electron chi connectivity index (χ2n) is 8.06. The molecule has 0 aromatic heterocycles. The van der Waals surface area contributed by atoms with Crippen LogP contribution in [0.4, 0.5) is 10.1 Å². The van der Waals surface area contributed by atoms with E-state index in [1.807, 2.05) is 44.1 Å². The fraction of sp³-hybridized carbons (Fsp3) is 0.333. The van der Waals surface area contributed by atoms with Gasteiger partial charge in [0.15, 0.2) is 0 Å². The Hall–Kier alpha value is -3.39. The van der Waals surface area contributed by atoms with Crippen LogP contribution in [0.15, 0.2) is 36.5 Å². The van der Waals surface area contributed by atoms with Crippen LogP contribution in [0.1, 0.15) is 16.7 Å². The van der Waals surface area contributed by atoms with E-state index in [-0.39, 0.29) is 29.3 Å². The number of likely N-dealkylation sites (N-methyl/N-ethyl adjacent to an activating group) is 1. The van der Waals surface area contributed by atoms with Crippen LogP contribution < -0.4 is 20.5 Å². The molecule has 1 aliphatic heterocycles. The summed E-state index contributed by atoms with van der Waals surface area (Å²) in [5, 5.41) is 10.3. The lowest BCUT2D eigenvalue weighted by Crippen LogP contribution is -2.33. The van der Waals surface area contributed by atoms with Crippen molar-refractivity contribution in [3.8, 4) is 11.5 Å². The molecule has 3 rings (SSSR count). The highest BCUT2D eigenvalue weighted by Crippen LogP contribution is 2.33. The van der Waals surface area contributed by atoms with Crippen LogP contribution in [0.5, 0.6) is 11.5 Å². The van der Waals surface area contributed by atoms with Gasteiger partial charge in [-0.25, -0.2) is 4.39 Å². The Bertz CT molecular complexity index is 1040. The predicted molar refractivity (Wildman–Crippen MR) is 124 cm³/mol. The van der Waals surface area contributed by atoms with Gasteiger partial charge in [-0.15, -0.1) is 0 Å². The Balaban J connectivity index is 1.84. The molecule has 1 unspecified atom stereocenters. The fourth-order valence-electron chi connectivity index (χ4n) is 3.47. The standard InChI is InChI=1S/C24H29FN4O3/c1-15-4-5-22-16(8-15)9-17(14-32-22)24(30)28-21-11-20(25)19(18(12-26)13-27)10-23(21)31-7-6-29(2)3/h4-5,8,10-13,17,26H,6-7,9,14,27H2,1-3H3,(H,28,30)/b18-13+,26-12?. The third-order valence-corrected chi connectivity index (χ3v) is 5.26. The lowest BCUT2D eigenvalue weighted by molar-refractivity contribution is -0.121. The van der Waals surface area contributed by atoms with Gasteiger partial charge in [0, 0.05) is 36.2 Å². The van der Waals surface area contributed by atoms with Crippen LogP contribution in [0, 0.1) is 24.1 Å². The summed E-state index contributed by atoms with van der Waals surface area (Å²) in [6.07, 6.45) is 2.67. The van der Waals surface area contributed by atoms with Crippen molar-refractivity contribution in [3.05, 3.63) is 59.0 Å². The number of carbonyl (C=O) groups is 1. The molecule has 8 heteroatoms. The van der Waals surface area contributed by atoms with E-state index in [1.165, 1.54) is 12.1 Å². The van der Waals surface area contributed by atoms with E-state index in [2.05, 4.69) is 5.32 Å². The molecule has 0 spiro atoms. The molecule has 0 bridgehead atoms. The molecule has 2 aromatic carbocycles. The van der Waals surface area contributed by atoms with Crippen LogP contribution >= 0.6 is 0 Å². The van der Waals surface area contributed by atoms with Crippen molar-refractivity contribution in [2.45, 2.75) is 13.3 Å². The molecule has 0 saturated carbocycles. The number of nitrogens with one attached hydrogen (secondary N) is 2. The zero-order valence-corrected chi connectivity index (χ0v) is 18.6. The van der Waals surface area contributed by atoms with Crippen LogP contribution in [-0.4, -0.2) is 50.9 Å². The van der Waals surface area contributed by atoms with Crippen molar-refractivity contribution < 1.29 is 18.7 Å². The number of aryl methyl sites for hydroxylation is 1. The number of amides is 1. The summed E-state index contributed by atoms with van der Waals surface area (Å²) in [7, 11) is 3.82. The Morgan fingerprint density at radius 1 is 1.38 bits per heavy atom. The Morgan fingerprint density at radius 2 is 2.16 bits per heavy atom. The van der Waals surface area contributed by atoms with E-state index in [0.29, 0.717) is 25.3 Å². The number of nitrogens with two attached hydrogens (primary N) is 1. The quantitative estimate of drug-likeness (QED) is 0.547. The summed E-state index contributed by atoms with van der Waals surface area (Å²) in [5.74, 6) is -0.200. The number of hydrogen-bond acceptors (Lipinski definition) is 6. The van der Waals surface area contributed by atoms with Crippen molar-refractivity contribution in [1.82, 2.24) is 4.90 Å². The van der Waals surface area contributed by atoms with Gasteiger partial charge in [0.2, 0.25) is 5.91 Å². The van der Waals surface area contributed by atoms with Gasteiger partial charge in [0.05, 0.1) is 11.6 Å².